The van der Waals surface area contributed by atoms with Crippen LogP contribution in [0.4, 0.5) is 11.5 Å². The minimum Gasteiger partial charge on any atom is -0.394 e. The van der Waals surface area contributed by atoms with E-state index in [-0.39, 0.29) is 29.3 Å². The molecule has 3 heterocycles. The SMILES string of the molecule is O=C(Nc1nn(S(=O)(=O)c2ccccc2)c2c1CNC2)c1ccc(N2CCCC2CO)cc1. The van der Waals surface area contributed by atoms with Gasteiger partial charge in [0.25, 0.3) is 15.9 Å². The van der Waals surface area contributed by atoms with E-state index in [2.05, 4.69) is 20.6 Å². The number of hydrogen-bond acceptors (Lipinski definition) is 7. The molecule has 1 aromatic heterocycles. The lowest BCUT2D eigenvalue weighted by molar-refractivity contribution is 0.102. The predicted molar refractivity (Wildman–Crippen MR) is 124 cm³/mol. The molecule has 0 radical (unpaired) electrons. The number of amides is 1. The summed E-state index contributed by atoms with van der Waals surface area (Å²) in [5.74, 6) is -0.124. The molecule has 2 aliphatic heterocycles. The van der Waals surface area contributed by atoms with E-state index in [1.165, 1.54) is 12.1 Å². The number of aromatic nitrogens is 2. The Bertz CT molecular complexity index is 1270. The second-order valence-electron chi connectivity index (χ2n) is 8.21. The third kappa shape index (κ3) is 3.90. The highest BCUT2D eigenvalue weighted by Gasteiger charge is 2.30. The summed E-state index contributed by atoms with van der Waals surface area (Å²) >= 11 is 0. The topological polar surface area (TPSA) is 117 Å². The molecule has 0 spiro atoms. The van der Waals surface area contributed by atoms with Crippen LogP contribution in [0.25, 0.3) is 0 Å². The molecule has 2 aromatic carbocycles. The Hall–Kier alpha value is -3.21. The number of aliphatic hydroxyl groups is 1. The fourth-order valence-electron chi connectivity index (χ4n) is 4.47. The van der Waals surface area contributed by atoms with Crippen LogP contribution in [0.3, 0.4) is 0 Å². The molecule has 1 unspecified atom stereocenters. The van der Waals surface area contributed by atoms with Crippen molar-refractivity contribution in [3.63, 3.8) is 0 Å². The van der Waals surface area contributed by atoms with Crippen LogP contribution in [-0.4, -0.2) is 47.8 Å². The van der Waals surface area contributed by atoms with Gasteiger partial charge in [-0.1, -0.05) is 18.2 Å². The van der Waals surface area contributed by atoms with Crippen molar-refractivity contribution in [2.24, 2.45) is 0 Å². The van der Waals surface area contributed by atoms with Crippen molar-refractivity contribution in [2.75, 3.05) is 23.4 Å². The van der Waals surface area contributed by atoms with Crippen molar-refractivity contribution in [2.45, 2.75) is 36.9 Å². The molecule has 1 atom stereocenters. The van der Waals surface area contributed by atoms with Gasteiger partial charge in [-0.15, -0.1) is 5.10 Å². The number of anilines is 2. The molecule has 9 nitrogen and oxygen atoms in total. The monoisotopic (exact) mass is 467 g/mol. The van der Waals surface area contributed by atoms with Crippen molar-refractivity contribution in [1.29, 1.82) is 0 Å². The average molecular weight is 468 g/mol. The van der Waals surface area contributed by atoms with Crippen LogP contribution >= 0.6 is 0 Å². The van der Waals surface area contributed by atoms with Gasteiger partial charge in [0.15, 0.2) is 5.82 Å². The van der Waals surface area contributed by atoms with Gasteiger partial charge in [-0.05, 0) is 49.2 Å². The van der Waals surface area contributed by atoms with Crippen LogP contribution in [0.15, 0.2) is 59.5 Å². The largest absolute Gasteiger partial charge is 0.394 e. The number of fused-ring (bicyclic) bond motifs is 1. The van der Waals surface area contributed by atoms with E-state index >= 15 is 0 Å². The number of hydrogen-bond donors (Lipinski definition) is 3. The van der Waals surface area contributed by atoms with Gasteiger partial charge >= 0.3 is 0 Å². The van der Waals surface area contributed by atoms with E-state index in [0.717, 1.165) is 29.2 Å². The van der Waals surface area contributed by atoms with Gasteiger partial charge in [0.05, 0.1) is 23.2 Å². The molecule has 1 amide bonds. The molecule has 1 saturated heterocycles. The quantitative estimate of drug-likeness (QED) is 0.507. The number of carbonyl (C=O) groups excluding carboxylic acids is 1. The molecule has 3 aromatic rings. The van der Waals surface area contributed by atoms with Gasteiger partial charge in [-0.25, -0.2) is 0 Å². The summed E-state index contributed by atoms with van der Waals surface area (Å²) in [6, 6.07) is 15.4. The van der Waals surface area contributed by atoms with Gasteiger partial charge in [-0.3, -0.25) is 4.79 Å². The van der Waals surface area contributed by atoms with Crippen molar-refractivity contribution < 1.29 is 18.3 Å². The molecule has 3 N–H and O–H groups in total. The Morgan fingerprint density at radius 1 is 1.12 bits per heavy atom. The molecule has 172 valence electrons. The summed E-state index contributed by atoms with van der Waals surface area (Å²) in [5.41, 5.74) is 2.60. The standard InChI is InChI=1S/C23H25N5O4S/c29-15-18-5-4-12-27(18)17-10-8-16(9-11-17)23(30)25-22-20-13-24-14-21(20)28(26-22)33(31,32)19-6-2-1-3-7-19/h1-3,6-11,18,24,29H,4-5,12-15H2,(H,25,26,30). The third-order valence-electron chi connectivity index (χ3n) is 6.20. The molecule has 0 saturated carbocycles. The van der Waals surface area contributed by atoms with Crippen LogP contribution in [0, 0.1) is 0 Å². The number of rotatable bonds is 6. The molecule has 2 aliphatic rings. The molecule has 5 rings (SSSR count). The van der Waals surface area contributed by atoms with E-state index in [9.17, 15) is 18.3 Å². The smallest absolute Gasteiger partial charge is 0.283 e. The lowest BCUT2D eigenvalue weighted by atomic mass is 10.1. The van der Waals surface area contributed by atoms with Crippen LogP contribution < -0.4 is 15.5 Å². The summed E-state index contributed by atoms with van der Waals surface area (Å²) in [6.45, 7) is 1.76. The van der Waals surface area contributed by atoms with E-state index in [0.29, 0.717) is 29.9 Å². The zero-order valence-electron chi connectivity index (χ0n) is 17.9. The Morgan fingerprint density at radius 2 is 1.88 bits per heavy atom. The Balaban J connectivity index is 1.39. The highest BCUT2D eigenvalue weighted by Crippen LogP contribution is 2.29. The van der Waals surface area contributed by atoms with E-state index in [1.54, 1.807) is 30.3 Å². The minimum atomic E-state index is -3.88. The molecular formula is C23H25N5O4S. The Labute approximate surface area is 192 Å². The van der Waals surface area contributed by atoms with Gasteiger partial charge in [0.1, 0.15) is 0 Å². The van der Waals surface area contributed by atoms with Gasteiger partial charge in [0, 0.05) is 36.4 Å². The highest BCUT2D eigenvalue weighted by atomic mass is 32.2. The van der Waals surface area contributed by atoms with Crippen LogP contribution in [0.1, 0.15) is 34.5 Å². The van der Waals surface area contributed by atoms with Gasteiger partial charge in [-0.2, -0.15) is 12.5 Å². The number of benzene rings is 2. The maximum absolute atomic E-state index is 13.1. The summed E-state index contributed by atoms with van der Waals surface area (Å²) in [5, 5.41) is 19.7. The molecule has 10 heteroatoms. The van der Waals surface area contributed by atoms with Crippen LogP contribution in [0.5, 0.6) is 0 Å². The first-order valence-corrected chi connectivity index (χ1v) is 12.3. The minimum absolute atomic E-state index is 0.107. The molecule has 0 bridgehead atoms. The molecular weight excluding hydrogens is 442 g/mol. The predicted octanol–water partition coefficient (Wildman–Crippen LogP) is 1.94. The second kappa shape index (κ2) is 8.62. The fourth-order valence-corrected chi connectivity index (χ4v) is 5.83. The van der Waals surface area contributed by atoms with Gasteiger partial charge < -0.3 is 20.6 Å². The molecule has 1 fully saturated rings. The Morgan fingerprint density at radius 3 is 2.61 bits per heavy atom. The number of aliphatic hydroxyl groups excluding tert-OH is 1. The first-order valence-electron chi connectivity index (χ1n) is 10.9. The first-order chi connectivity index (χ1) is 16.0. The summed E-state index contributed by atoms with van der Waals surface area (Å²) in [7, 11) is -3.88. The first kappa shape index (κ1) is 21.6. The van der Waals surface area contributed by atoms with E-state index < -0.39 is 10.0 Å². The van der Waals surface area contributed by atoms with Crippen molar-refractivity contribution in [3.8, 4) is 0 Å². The normalized spacial score (nSPS) is 17.8. The zero-order valence-corrected chi connectivity index (χ0v) is 18.8. The summed E-state index contributed by atoms with van der Waals surface area (Å²) in [6.07, 6.45) is 1.98. The maximum atomic E-state index is 13.1. The summed E-state index contributed by atoms with van der Waals surface area (Å²) in [4.78, 5) is 15.2. The fraction of sp³-hybridized carbons (Fsp3) is 0.304. The maximum Gasteiger partial charge on any atom is 0.283 e. The lowest BCUT2D eigenvalue weighted by Crippen LogP contribution is -2.31. The Kier molecular flexibility index (Phi) is 5.65. The highest BCUT2D eigenvalue weighted by molar-refractivity contribution is 7.89. The van der Waals surface area contributed by atoms with Crippen molar-refractivity contribution in [3.05, 3.63) is 71.4 Å². The average Bonchev–Trinajstić information content (AvgIpc) is 3.57. The molecule has 33 heavy (non-hydrogen) atoms. The molecule has 0 aliphatic carbocycles. The van der Waals surface area contributed by atoms with Crippen LogP contribution in [-0.2, 0) is 23.1 Å². The van der Waals surface area contributed by atoms with Crippen molar-refractivity contribution >= 4 is 27.4 Å². The number of nitrogens with one attached hydrogen (secondary N) is 2. The van der Waals surface area contributed by atoms with Crippen molar-refractivity contribution in [1.82, 2.24) is 14.5 Å². The lowest BCUT2D eigenvalue weighted by Gasteiger charge is -2.25. The van der Waals surface area contributed by atoms with E-state index in [1.807, 2.05) is 12.1 Å². The second-order valence-corrected chi connectivity index (χ2v) is 9.98. The third-order valence-corrected chi connectivity index (χ3v) is 7.83. The van der Waals surface area contributed by atoms with E-state index in [4.69, 9.17) is 0 Å². The van der Waals surface area contributed by atoms with Crippen LogP contribution in [0.2, 0.25) is 0 Å². The number of carbonyl (C=O) groups is 1. The summed E-state index contributed by atoms with van der Waals surface area (Å²) < 4.78 is 27.2. The zero-order chi connectivity index (χ0) is 23.0. The van der Waals surface area contributed by atoms with Gasteiger partial charge in [0.2, 0.25) is 0 Å². The number of nitrogens with zero attached hydrogens (tertiary/aromatic N) is 3.